The average Bonchev–Trinajstić information content (AvgIpc) is 3.01. The predicted octanol–water partition coefficient (Wildman–Crippen LogP) is 5.30. The van der Waals surface area contributed by atoms with Crippen LogP contribution in [0.4, 0.5) is 11.4 Å². The first-order chi connectivity index (χ1) is 14.0. The molecule has 4 rings (SSSR count). The van der Waals surface area contributed by atoms with Crippen molar-refractivity contribution in [3.8, 4) is 5.69 Å². The molecule has 0 atom stereocenters. The Morgan fingerprint density at radius 3 is 2.31 bits per heavy atom. The molecule has 0 aliphatic carbocycles. The number of nitrogens with zero attached hydrogens (tertiary/aromatic N) is 3. The van der Waals surface area contributed by atoms with Gasteiger partial charge in [0.2, 0.25) is 0 Å². The van der Waals surface area contributed by atoms with Gasteiger partial charge in [0.05, 0.1) is 18.9 Å². The molecule has 1 aliphatic rings. The Hall–Kier alpha value is -2.85. The summed E-state index contributed by atoms with van der Waals surface area (Å²) < 4.78 is 7.75. The molecule has 0 saturated carbocycles. The zero-order valence-corrected chi connectivity index (χ0v) is 17.8. The van der Waals surface area contributed by atoms with Gasteiger partial charge in [-0.15, -0.1) is 0 Å². The van der Waals surface area contributed by atoms with Gasteiger partial charge in [-0.2, -0.15) is 0 Å². The van der Waals surface area contributed by atoms with E-state index in [-0.39, 0.29) is 0 Å². The lowest BCUT2D eigenvalue weighted by atomic mass is 10.1. The minimum Gasteiger partial charge on any atom is -0.378 e. The largest absolute Gasteiger partial charge is 0.378 e. The summed E-state index contributed by atoms with van der Waals surface area (Å²) in [6.45, 7) is 12.1. The van der Waals surface area contributed by atoms with Gasteiger partial charge in [-0.25, -0.2) is 0 Å². The molecule has 150 valence electrons. The van der Waals surface area contributed by atoms with Crippen molar-refractivity contribution in [3.63, 3.8) is 0 Å². The Bertz CT molecular complexity index is 1020. The number of hydrogen-bond acceptors (Lipinski definition) is 3. The van der Waals surface area contributed by atoms with Gasteiger partial charge < -0.3 is 14.2 Å². The maximum Gasteiger partial charge on any atom is 0.0642 e. The minimum absolute atomic E-state index is 0.802. The summed E-state index contributed by atoms with van der Waals surface area (Å²) in [7, 11) is 0. The number of ether oxygens (including phenoxy) is 1. The second-order valence-electron chi connectivity index (χ2n) is 7.83. The summed E-state index contributed by atoms with van der Waals surface area (Å²) in [5, 5.41) is 0. The molecule has 0 amide bonds. The van der Waals surface area contributed by atoms with Crippen LogP contribution in [0.3, 0.4) is 0 Å². The van der Waals surface area contributed by atoms with E-state index in [4.69, 9.17) is 9.73 Å². The number of aromatic nitrogens is 1. The normalized spacial score (nSPS) is 14.7. The lowest BCUT2D eigenvalue weighted by molar-refractivity contribution is 0.122. The van der Waals surface area contributed by atoms with Crippen LogP contribution >= 0.6 is 0 Å². The van der Waals surface area contributed by atoms with E-state index in [2.05, 4.69) is 85.7 Å². The fourth-order valence-corrected chi connectivity index (χ4v) is 4.06. The number of morpholine rings is 1. The lowest BCUT2D eigenvalue weighted by Crippen LogP contribution is -2.36. The van der Waals surface area contributed by atoms with Gasteiger partial charge in [-0.05, 0) is 69.7 Å². The first kappa shape index (κ1) is 19.5. The van der Waals surface area contributed by atoms with Crippen molar-refractivity contribution in [2.45, 2.75) is 27.7 Å². The molecule has 1 saturated heterocycles. The van der Waals surface area contributed by atoms with Crippen LogP contribution in [0.5, 0.6) is 0 Å². The molecule has 2 aromatic carbocycles. The lowest BCUT2D eigenvalue weighted by Gasteiger charge is -2.28. The molecule has 2 heterocycles. The Balaban J connectivity index is 1.56. The summed E-state index contributed by atoms with van der Waals surface area (Å²) in [4.78, 5) is 7.08. The predicted molar refractivity (Wildman–Crippen MR) is 121 cm³/mol. The molecular weight excluding hydrogens is 358 g/mol. The average molecular weight is 388 g/mol. The molecule has 0 unspecified atom stereocenters. The zero-order valence-electron chi connectivity index (χ0n) is 17.8. The smallest absolute Gasteiger partial charge is 0.0642 e. The summed E-state index contributed by atoms with van der Waals surface area (Å²) in [5.74, 6) is 0. The quantitative estimate of drug-likeness (QED) is 0.569. The molecule has 3 aromatic rings. The van der Waals surface area contributed by atoms with Gasteiger partial charge in [0.1, 0.15) is 0 Å². The van der Waals surface area contributed by atoms with Gasteiger partial charge in [0.25, 0.3) is 0 Å². The number of aryl methyl sites for hydroxylation is 3. The first-order valence-corrected chi connectivity index (χ1v) is 10.3. The Labute approximate surface area is 173 Å². The number of benzene rings is 2. The highest BCUT2D eigenvalue weighted by atomic mass is 16.5. The van der Waals surface area contributed by atoms with Gasteiger partial charge >= 0.3 is 0 Å². The summed E-state index contributed by atoms with van der Waals surface area (Å²) in [6.07, 6.45) is 1.98. The van der Waals surface area contributed by atoms with Crippen molar-refractivity contribution in [1.29, 1.82) is 0 Å². The molecule has 1 aromatic heterocycles. The molecule has 0 spiro atoms. The number of hydrogen-bond donors (Lipinski definition) is 0. The first-order valence-electron chi connectivity index (χ1n) is 10.3. The van der Waals surface area contributed by atoms with Crippen molar-refractivity contribution in [1.82, 2.24) is 4.57 Å². The van der Waals surface area contributed by atoms with Gasteiger partial charge in [0.15, 0.2) is 0 Å². The number of aliphatic imine (C=N–C) groups is 1. The maximum absolute atomic E-state index is 5.43. The van der Waals surface area contributed by atoms with Crippen molar-refractivity contribution in [2.24, 2.45) is 4.99 Å². The molecule has 0 N–H and O–H groups in total. The molecule has 1 fully saturated rings. The van der Waals surface area contributed by atoms with Crippen LogP contribution in [0.15, 0.2) is 53.5 Å². The topological polar surface area (TPSA) is 29.8 Å². The Kier molecular flexibility index (Phi) is 5.54. The fourth-order valence-electron chi connectivity index (χ4n) is 4.06. The van der Waals surface area contributed by atoms with E-state index in [1.54, 1.807) is 0 Å². The Morgan fingerprint density at radius 2 is 1.62 bits per heavy atom. The van der Waals surface area contributed by atoms with Crippen molar-refractivity contribution < 1.29 is 4.74 Å². The van der Waals surface area contributed by atoms with Crippen LogP contribution in [0.25, 0.3) is 5.69 Å². The second kappa shape index (κ2) is 8.26. The standard InChI is InChI=1S/C25H29N3O/c1-18-5-10-25(19(2)15-18)28-20(3)16-22(21(28)4)17-26-23-6-8-24(9-7-23)27-11-13-29-14-12-27/h5-10,15-17H,11-14H2,1-4H3. The van der Waals surface area contributed by atoms with E-state index in [0.717, 1.165) is 37.6 Å². The van der Waals surface area contributed by atoms with Crippen LogP contribution in [0, 0.1) is 27.7 Å². The highest BCUT2D eigenvalue weighted by Gasteiger charge is 2.12. The van der Waals surface area contributed by atoms with E-state index in [0.29, 0.717) is 0 Å². The highest BCUT2D eigenvalue weighted by Crippen LogP contribution is 2.25. The van der Waals surface area contributed by atoms with Crippen molar-refractivity contribution >= 4 is 17.6 Å². The number of rotatable bonds is 4. The Morgan fingerprint density at radius 1 is 0.897 bits per heavy atom. The maximum atomic E-state index is 5.43. The highest BCUT2D eigenvalue weighted by molar-refractivity contribution is 5.84. The van der Waals surface area contributed by atoms with Crippen LogP contribution in [-0.4, -0.2) is 37.1 Å². The van der Waals surface area contributed by atoms with E-state index in [1.165, 1.54) is 33.9 Å². The number of anilines is 1. The summed E-state index contributed by atoms with van der Waals surface area (Å²) in [6, 6.07) is 17.3. The summed E-state index contributed by atoms with van der Waals surface area (Å²) >= 11 is 0. The monoisotopic (exact) mass is 387 g/mol. The van der Waals surface area contributed by atoms with E-state index in [1.807, 2.05) is 6.21 Å². The van der Waals surface area contributed by atoms with Gasteiger partial charge in [-0.1, -0.05) is 17.7 Å². The third kappa shape index (κ3) is 4.13. The molecule has 4 heteroatoms. The van der Waals surface area contributed by atoms with E-state index in [9.17, 15) is 0 Å². The molecule has 29 heavy (non-hydrogen) atoms. The van der Waals surface area contributed by atoms with Crippen molar-refractivity contribution in [2.75, 3.05) is 31.2 Å². The molecule has 4 nitrogen and oxygen atoms in total. The molecular formula is C25H29N3O. The van der Waals surface area contributed by atoms with Gasteiger partial charge in [-0.3, -0.25) is 4.99 Å². The van der Waals surface area contributed by atoms with Crippen LogP contribution < -0.4 is 4.90 Å². The third-order valence-corrected chi connectivity index (χ3v) is 5.64. The molecule has 1 aliphatic heterocycles. The van der Waals surface area contributed by atoms with E-state index >= 15 is 0 Å². The zero-order chi connectivity index (χ0) is 20.4. The minimum atomic E-state index is 0.802. The van der Waals surface area contributed by atoms with Crippen LogP contribution in [-0.2, 0) is 4.74 Å². The molecule has 0 bridgehead atoms. The van der Waals surface area contributed by atoms with Gasteiger partial charge in [0, 0.05) is 47.6 Å². The summed E-state index contributed by atoms with van der Waals surface area (Å²) in [5.41, 5.74) is 9.60. The molecule has 0 radical (unpaired) electrons. The van der Waals surface area contributed by atoms with Crippen LogP contribution in [0.1, 0.15) is 28.1 Å². The fraction of sp³-hybridized carbons (Fsp3) is 0.320. The van der Waals surface area contributed by atoms with Crippen molar-refractivity contribution in [3.05, 3.63) is 76.6 Å². The third-order valence-electron chi connectivity index (χ3n) is 5.64. The SMILES string of the molecule is Cc1ccc(-n2c(C)cc(C=Nc3ccc(N4CCOCC4)cc3)c2C)c(C)c1. The van der Waals surface area contributed by atoms with E-state index < -0.39 is 0 Å². The van der Waals surface area contributed by atoms with Crippen LogP contribution in [0.2, 0.25) is 0 Å². The second-order valence-corrected chi connectivity index (χ2v) is 7.83.